The molecule has 3 aliphatic rings. The molecule has 3 heterocycles. The number of rotatable bonds is 5. The monoisotopic (exact) mass is 519 g/mol. The number of nitrogens with one attached hydrogen (secondary N) is 2. The summed E-state index contributed by atoms with van der Waals surface area (Å²) < 4.78 is 11.6. The normalized spacial score (nSPS) is 28.6. The van der Waals surface area contributed by atoms with Crippen LogP contribution in [-0.4, -0.2) is 50.5 Å². The third-order valence-electron chi connectivity index (χ3n) is 6.21. The van der Waals surface area contributed by atoms with Crippen molar-refractivity contribution in [2.45, 2.75) is 62.7 Å². The highest BCUT2D eigenvalue weighted by Crippen LogP contribution is 2.39. The number of ether oxygens (including phenoxy) is 2. The van der Waals surface area contributed by atoms with Gasteiger partial charge in [0, 0.05) is 30.2 Å². The van der Waals surface area contributed by atoms with Crippen LogP contribution in [0.4, 0.5) is 0 Å². The lowest BCUT2D eigenvalue weighted by Crippen LogP contribution is -2.48. The molecule has 0 aromatic heterocycles. The Kier molecular flexibility index (Phi) is 7.87. The van der Waals surface area contributed by atoms with Crippen molar-refractivity contribution in [2.24, 2.45) is 4.99 Å². The van der Waals surface area contributed by atoms with Crippen molar-refractivity contribution in [3.63, 3.8) is 0 Å². The van der Waals surface area contributed by atoms with Crippen LogP contribution in [0.2, 0.25) is 5.02 Å². The van der Waals surface area contributed by atoms with Crippen LogP contribution in [0.1, 0.15) is 44.6 Å². The van der Waals surface area contributed by atoms with E-state index in [0.717, 1.165) is 56.4 Å². The van der Waals surface area contributed by atoms with E-state index in [9.17, 15) is 0 Å². The van der Waals surface area contributed by atoms with Crippen LogP contribution in [0.5, 0.6) is 0 Å². The molecule has 1 aromatic rings. The van der Waals surface area contributed by atoms with E-state index in [2.05, 4.69) is 29.7 Å². The van der Waals surface area contributed by atoms with Crippen LogP contribution in [0.3, 0.4) is 0 Å². The zero-order chi connectivity index (χ0) is 18.7. The summed E-state index contributed by atoms with van der Waals surface area (Å²) in [6.45, 7) is 5.16. The van der Waals surface area contributed by atoms with E-state index in [0.29, 0.717) is 24.8 Å². The smallest absolute Gasteiger partial charge is 0.191 e. The minimum absolute atomic E-state index is 0. The molecule has 0 saturated carbocycles. The molecule has 0 aliphatic carbocycles. The van der Waals surface area contributed by atoms with Gasteiger partial charge in [-0.25, -0.2) is 0 Å². The molecule has 3 unspecified atom stereocenters. The fourth-order valence-electron chi connectivity index (χ4n) is 4.68. The van der Waals surface area contributed by atoms with Gasteiger partial charge in [0.05, 0.1) is 24.8 Å². The van der Waals surface area contributed by atoms with Gasteiger partial charge in [-0.1, -0.05) is 29.8 Å². The van der Waals surface area contributed by atoms with E-state index in [1.165, 1.54) is 12.0 Å². The first kappa shape index (κ1) is 22.1. The zero-order valence-electron chi connectivity index (χ0n) is 16.5. The van der Waals surface area contributed by atoms with Gasteiger partial charge in [0.15, 0.2) is 5.96 Å². The summed E-state index contributed by atoms with van der Waals surface area (Å²) in [6, 6.07) is 8.55. The third kappa shape index (κ3) is 4.77. The Morgan fingerprint density at radius 3 is 2.68 bits per heavy atom. The van der Waals surface area contributed by atoms with Crippen LogP contribution < -0.4 is 10.6 Å². The van der Waals surface area contributed by atoms with Crippen LogP contribution in [0, 0.1) is 0 Å². The second-order valence-electron chi connectivity index (χ2n) is 7.93. The number of hydrogen-bond acceptors (Lipinski definition) is 3. The largest absolute Gasteiger partial charge is 0.381 e. The SMILES string of the molecule is CCNC(=NCC1(c2ccccc2Cl)CCOCC1)NC1CC2CCC1O2.I. The fourth-order valence-corrected chi connectivity index (χ4v) is 5.02. The molecule has 7 heteroatoms. The summed E-state index contributed by atoms with van der Waals surface area (Å²) in [7, 11) is 0. The van der Waals surface area contributed by atoms with Crippen LogP contribution in [0.25, 0.3) is 0 Å². The van der Waals surface area contributed by atoms with Crippen LogP contribution in [0.15, 0.2) is 29.3 Å². The zero-order valence-corrected chi connectivity index (χ0v) is 19.5. The predicted molar refractivity (Wildman–Crippen MR) is 124 cm³/mol. The number of hydrogen-bond donors (Lipinski definition) is 2. The number of guanidine groups is 1. The van der Waals surface area contributed by atoms with Crippen molar-refractivity contribution < 1.29 is 9.47 Å². The highest BCUT2D eigenvalue weighted by molar-refractivity contribution is 14.0. The summed E-state index contributed by atoms with van der Waals surface area (Å²) in [5, 5.41) is 7.86. The first-order chi connectivity index (χ1) is 13.2. The van der Waals surface area contributed by atoms with Gasteiger partial charge in [0.2, 0.25) is 0 Å². The van der Waals surface area contributed by atoms with Gasteiger partial charge in [-0.2, -0.15) is 0 Å². The number of aliphatic imine (C=N–C) groups is 1. The van der Waals surface area contributed by atoms with E-state index in [4.69, 9.17) is 26.1 Å². The summed E-state index contributed by atoms with van der Waals surface area (Å²) in [6.07, 6.45) is 6.08. The maximum Gasteiger partial charge on any atom is 0.191 e. The second-order valence-corrected chi connectivity index (χ2v) is 8.34. The summed E-state index contributed by atoms with van der Waals surface area (Å²) in [4.78, 5) is 5.00. The molecular weight excluding hydrogens is 489 g/mol. The Hall–Kier alpha value is -0.570. The van der Waals surface area contributed by atoms with Gasteiger partial charge in [0.1, 0.15) is 0 Å². The molecule has 1 aromatic carbocycles. The van der Waals surface area contributed by atoms with Gasteiger partial charge >= 0.3 is 0 Å². The first-order valence-corrected chi connectivity index (χ1v) is 10.6. The van der Waals surface area contributed by atoms with Crippen molar-refractivity contribution in [1.82, 2.24) is 10.6 Å². The average molecular weight is 520 g/mol. The molecule has 2 bridgehead atoms. The minimum Gasteiger partial charge on any atom is -0.381 e. The molecule has 3 atom stereocenters. The standard InChI is InChI=1S/C21H30ClN3O2.HI/c1-2-23-20(25-18-13-15-7-8-19(18)27-15)24-14-21(9-11-26-12-10-21)16-5-3-4-6-17(16)22;/h3-6,15,18-19H,2,7-14H2,1H3,(H2,23,24,25);1H. The van der Waals surface area contributed by atoms with Gasteiger partial charge in [-0.15, -0.1) is 24.0 Å². The molecule has 3 saturated heterocycles. The molecule has 5 nitrogen and oxygen atoms in total. The predicted octanol–water partition coefficient (Wildman–Crippen LogP) is 3.88. The number of benzene rings is 1. The molecule has 0 amide bonds. The molecule has 4 rings (SSSR count). The van der Waals surface area contributed by atoms with Gasteiger partial charge in [-0.05, 0) is 50.7 Å². The minimum atomic E-state index is -0.0654. The van der Waals surface area contributed by atoms with E-state index in [-0.39, 0.29) is 29.4 Å². The summed E-state index contributed by atoms with van der Waals surface area (Å²) >= 11 is 6.57. The Morgan fingerprint density at radius 2 is 2.04 bits per heavy atom. The molecule has 28 heavy (non-hydrogen) atoms. The molecule has 0 spiro atoms. The van der Waals surface area contributed by atoms with Crippen molar-refractivity contribution in [3.05, 3.63) is 34.9 Å². The van der Waals surface area contributed by atoms with E-state index in [1.807, 2.05) is 12.1 Å². The molecule has 2 N–H and O–H groups in total. The second kappa shape index (κ2) is 9.96. The van der Waals surface area contributed by atoms with Crippen LogP contribution >= 0.6 is 35.6 Å². The Labute approximate surface area is 190 Å². The quantitative estimate of drug-likeness (QED) is 0.352. The van der Waals surface area contributed by atoms with Crippen molar-refractivity contribution in [1.29, 1.82) is 0 Å². The Bertz CT molecular complexity index is 681. The maximum atomic E-state index is 6.57. The first-order valence-electron chi connectivity index (χ1n) is 10.2. The van der Waals surface area contributed by atoms with E-state index in [1.54, 1.807) is 0 Å². The summed E-state index contributed by atoms with van der Waals surface area (Å²) in [5.74, 6) is 0.886. The lowest BCUT2D eigenvalue weighted by atomic mass is 9.74. The number of nitrogens with zero attached hydrogens (tertiary/aromatic N) is 1. The van der Waals surface area contributed by atoms with Crippen LogP contribution in [-0.2, 0) is 14.9 Å². The Balaban J connectivity index is 0.00000225. The van der Waals surface area contributed by atoms with Gasteiger partial charge in [-0.3, -0.25) is 4.99 Å². The maximum absolute atomic E-state index is 6.57. The van der Waals surface area contributed by atoms with Gasteiger partial charge in [0.25, 0.3) is 0 Å². The highest BCUT2D eigenvalue weighted by atomic mass is 127. The van der Waals surface area contributed by atoms with Crippen molar-refractivity contribution in [2.75, 3.05) is 26.3 Å². The van der Waals surface area contributed by atoms with Crippen molar-refractivity contribution in [3.8, 4) is 0 Å². The fraction of sp³-hybridized carbons (Fsp3) is 0.667. The molecule has 156 valence electrons. The van der Waals surface area contributed by atoms with Crippen molar-refractivity contribution >= 4 is 41.5 Å². The molecule has 3 fully saturated rings. The molecule has 0 radical (unpaired) electrons. The molecule has 3 aliphatic heterocycles. The summed E-state index contributed by atoms with van der Waals surface area (Å²) in [5.41, 5.74) is 1.13. The van der Waals surface area contributed by atoms with E-state index >= 15 is 0 Å². The number of fused-ring (bicyclic) bond motifs is 2. The average Bonchev–Trinajstić information content (AvgIpc) is 3.31. The lowest BCUT2D eigenvalue weighted by Gasteiger charge is -2.37. The number of halogens is 2. The lowest BCUT2D eigenvalue weighted by molar-refractivity contribution is 0.0531. The third-order valence-corrected chi connectivity index (χ3v) is 6.54. The molecular formula is C21H31ClIN3O2. The Morgan fingerprint density at radius 1 is 1.25 bits per heavy atom. The van der Waals surface area contributed by atoms with E-state index < -0.39 is 0 Å². The topological polar surface area (TPSA) is 54.9 Å². The van der Waals surface area contributed by atoms with Gasteiger partial charge < -0.3 is 20.1 Å². The highest BCUT2D eigenvalue weighted by Gasteiger charge is 2.41.